The summed E-state index contributed by atoms with van der Waals surface area (Å²) >= 11 is 0. The van der Waals surface area contributed by atoms with Gasteiger partial charge >= 0.3 is 6.18 Å². The fourth-order valence-electron chi connectivity index (χ4n) is 2.39. The van der Waals surface area contributed by atoms with E-state index in [2.05, 4.69) is 15.3 Å². The van der Waals surface area contributed by atoms with Gasteiger partial charge in [0.05, 0.1) is 24.8 Å². The number of aliphatic hydroxyl groups excluding tert-OH is 1. The summed E-state index contributed by atoms with van der Waals surface area (Å²) in [6.07, 6.45) is -0.319. The van der Waals surface area contributed by atoms with E-state index in [1.165, 1.54) is 12.4 Å². The summed E-state index contributed by atoms with van der Waals surface area (Å²) in [5.74, 6) is -0.709. The van der Waals surface area contributed by atoms with Crippen molar-refractivity contribution in [1.29, 1.82) is 0 Å². The van der Waals surface area contributed by atoms with Crippen molar-refractivity contribution in [2.75, 3.05) is 17.7 Å². The van der Waals surface area contributed by atoms with Crippen LogP contribution in [0.25, 0.3) is 16.8 Å². The second-order valence-electron chi connectivity index (χ2n) is 5.49. The Labute approximate surface area is 145 Å². The molecule has 10 heteroatoms. The van der Waals surface area contributed by atoms with Crippen LogP contribution < -0.4 is 11.1 Å². The number of nitrogens with zero attached hydrogens (tertiary/aromatic N) is 3. The summed E-state index contributed by atoms with van der Waals surface area (Å²) in [5.41, 5.74) is 5.52. The summed E-state index contributed by atoms with van der Waals surface area (Å²) in [6, 6.07) is 4.13. The number of aliphatic hydroxyl groups is 1. The number of nitrogen functional groups attached to an aromatic ring is 1. The van der Waals surface area contributed by atoms with Crippen molar-refractivity contribution in [3.63, 3.8) is 0 Å². The fraction of sp³-hybridized carbons (Fsp3) is 0.188. The Balaban J connectivity index is 1.95. The molecule has 1 amide bonds. The lowest BCUT2D eigenvalue weighted by atomic mass is 10.1. The maximum absolute atomic E-state index is 13.0. The number of amides is 1. The van der Waals surface area contributed by atoms with Crippen molar-refractivity contribution in [3.8, 4) is 11.1 Å². The van der Waals surface area contributed by atoms with Gasteiger partial charge in [-0.2, -0.15) is 13.2 Å². The van der Waals surface area contributed by atoms with Crippen molar-refractivity contribution in [2.45, 2.75) is 12.6 Å². The van der Waals surface area contributed by atoms with Crippen LogP contribution in [-0.4, -0.2) is 32.0 Å². The first-order valence-corrected chi connectivity index (χ1v) is 7.50. The van der Waals surface area contributed by atoms with E-state index in [1.54, 1.807) is 22.7 Å². The van der Waals surface area contributed by atoms with Gasteiger partial charge in [-0.15, -0.1) is 0 Å². The number of anilines is 2. The quantitative estimate of drug-likeness (QED) is 0.658. The van der Waals surface area contributed by atoms with Gasteiger partial charge in [-0.1, -0.05) is 0 Å². The Morgan fingerprint density at radius 1 is 1.27 bits per heavy atom. The number of pyridine rings is 2. The zero-order chi connectivity index (χ0) is 18.9. The number of nitrogens with two attached hydrogens (primary N) is 1. The van der Waals surface area contributed by atoms with Crippen molar-refractivity contribution < 1.29 is 23.1 Å². The number of hydrogen-bond donors (Lipinski definition) is 3. The number of aromatic nitrogens is 3. The zero-order valence-electron chi connectivity index (χ0n) is 13.3. The van der Waals surface area contributed by atoms with Crippen LogP contribution >= 0.6 is 0 Å². The molecule has 0 bridgehead atoms. The predicted octanol–water partition coefficient (Wildman–Crippen LogP) is 2.32. The lowest BCUT2D eigenvalue weighted by Gasteiger charge is -2.11. The summed E-state index contributed by atoms with van der Waals surface area (Å²) in [5, 5.41) is 11.3. The highest BCUT2D eigenvalue weighted by Gasteiger charge is 2.34. The molecule has 0 aromatic carbocycles. The number of hydrogen-bond acceptors (Lipinski definition) is 5. The topological polar surface area (TPSA) is 106 Å². The van der Waals surface area contributed by atoms with E-state index in [0.29, 0.717) is 11.2 Å². The first-order valence-electron chi connectivity index (χ1n) is 7.50. The molecule has 0 aliphatic heterocycles. The molecule has 0 radical (unpaired) electrons. The lowest BCUT2D eigenvalue weighted by Crippen LogP contribution is -2.12. The Morgan fingerprint density at radius 3 is 2.73 bits per heavy atom. The van der Waals surface area contributed by atoms with Gasteiger partial charge in [-0.05, 0) is 18.2 Å². The molecule has 0 saturated heterocycles. The molecule has 3 heterocycles. The van der Waals surface area contributed by atoms with Gasteiger partial charge in [0.25, 0.3) is 0 Å². The molecule has 3 rings (SSSR count). The number of carbonyl (C=O) groups is 1. The molecule has 4 N–H and O–H groups in total. The fourth-order valence-corrected chi connectivity index (χ4v) is 2.39. The summed E-state index contributed by atoms with van der Waals surface area (Å²) < 4.78 is 40.5. The minimum atomic E-state index is -4.60. The third kappa shape index (κ3) is 3.59. The van der Waals surface area contributed by atoms with Gasteiger partial charge in [0, 0.05) is 23.5 Å². The molecule has 26 heavy (non-hydrogen) atoms. The van der Waals surface area contributed by atoms with Gasteiger partial charge in [0.1, 0.15) is 11.5 Å². The van der Waals surface area contributed by atoms with E-state index in [1.807, 2.05) is 0 Å². The molecule has 0 atom stereocenters. The van der Waals surface area contributed by atoms with Crippen molar-refractivity contribution in [1.82, 2.24) is 14.4 Å². The third-order valence-electron chi connectivity index (χ3n) is 3.61. The van der Waals surface area contributed by atoms with Crippen molar-refractivity contribution in [3.05, 3.63) is 42.4 Å². The average molecular weight is 365 g/mol. The number of alkyl halides is 3. The smallest absolute Gasteiger partial charge is 0.396 e. The van der Waals surface area contributed by atoms with Gasteiger partial charge in [-0.3, -0.25) is 4.79 Å². The van der Waals surface area contributed by atoms with Crippen LogP contribution in [0.1, 0.15) is 12.0 Å². The van der Waals surface area contributed by atoms with E-state index in [-0.39, 0.29) is 24.4 Å². The van der Waals surface area contributed by atoms with Gasteiger partial charge < -0.3 is 20.6 Å². The standard InChI is InChI=1S/C16H14F3N5O2/c17-16(18,19)11-5-10(6-21-15(11)20)9-1-2-13-22-12(8-24(13)7-9)23-14(26)3-4-25/h1-2,5-8,25H,3-4H2,(H2,20,21)(H,23,26). The molecular formula is C16H14F3N5O2. The van der Waals surface area contributed by atoms with Crippen LogP contribution in [0, 0.1) is 0 Å². The zero-order valence-corrected chi connectivity index (χ0v) is 13.3. The molecule has 0 fully saturated rings. The second-order valence-corrected chi connectivity index (χ2v) is 5.49. The number of rotatable bonds is 4. The van der Waals surface area contributed by atoms with Crippen LogP contribution in [0.4, 0.5) is 24.8 Å². The number of carbonyl (C=O) groups excluding carboxylic acids is 1. The molecule has 7 nitrogen and oxygen atoms in total. The molecule has 0 aliphatic rings. The first kappa shape index (κ1) is 17.7. The molecule has 0 aliphatic carbocycles. The first-order chi connectivity index (χ1) is 12.3. The van der Waals surface area contributed by atoms with Crippen LogP contribution in [0.15, 0.2) is 36.8 Å². The predicted molar refractivity (Wildman–Crippen MR) is 88.2 cm³/mol. The highest BCUT2D eigenvalue weighted by molar-refractivity contribution is 5.90. The Bertz CT molecular complexity index is 968. The van der Waals surface area contributed by atoms with E-state index in [0.717, 1.165) is 6.07 Å². The second kappa shape index (κ2) is 6.64. The highest BCUT2D eigenvalue weighted by Crippen LogP contribution is 2.35. The highest BCUT2D eigenvalue weighted by atomic mass is 19.4. The molecule has 136 valence electrons. The monoisotopic (exact) mass is 365 g/mol. The van der Waals surface area contributed by atoms with E-state index >= 15 is 0 Å². The molecular weight excluding hydrogens is 351 g/mol. The average Bonchev–Trinajstić information content (AvgIpc) is 2.95. The minimum absolute atomic E-state index is 0.0591. The SMILES string of the molecule is Nc1ncc(-c2ccc3nc(NC(=O)CCO)cn3c2)cc1C(F)(F)F. The largest absolute Gasteiger partial charge is 0.419 e. The number of fused-ring (bicyclic) bond motifs is 1. The summed E-state index contributed by atoms with van der Waals surface area (Å²) in [6.45, 7) is -0.283. The van der Waals surface area contributed by atoms with Gasteiger partial charge in [0.2, 0.25) is 5.91 Å². The Morgan fingerprint density at radius 2 is 2.04 bits per heavy atom. The third-order valence-corrected chi connectivity index (χ3v) is 3.61. The number of imidazole rings is 1. The van der Waals surface area contributed by atoms with Gasteiger partial charge in [-0.25, -0.2) is 9.97 Å². The Kier molecular flexibility index (Phi) is 4.51. The van der Waals surface area contributed by atoms with E-state index < -0.39 is 23.5 Å². The Hall–Kier alpha value is -3.14. The van der Waals surface area contributed by atoms with E-state index in [4.69, 9.17) is 10.8 Å². The maximum Gasteiger partial charge on any atom is 0.419 e. The maximum atomic E-state index is 13.0. The normalized spacial score (nSPS) is 11.7. The lowest BCUT2D eigenvalue weighted by molar-refractivity contribution is -0.137. The molecule has 0 unspecified atom stereocenters. The molecule has 0 spiro atoms. The summed E-state index contributed by atoms with van der Waals surface area (Å²) in [4.78, 5) is 19.3. The van der Waals surface area contributed by atoms with E-state index in [9.17, 15) is 18.0 Å². The number of halogens is 3. The molecule has 3 aromatic rings. The molecule has 0 saturated carbocycles. The van der Waals surface area contributed by atoms with Crippen LogP contribution in [0.5, 0.6) is 0 Å². The van der Waals surface area contributed by atoms with Crippen LogP contribution in [0.2, 0.25) is 0 Å². The molecule has 3 aromatic heterocycles. The van der Waals surface area contributed by atoms with Crippen LogP contribution in [-0.2, 0) is 11.0 Å². The van der Waals surface area contributed by atoms with Crippen LogP contribution in [0.3, 0.4) is 0 Å². The van der Waals surface area contributed by atoms with Crippen molar-refractivity contribution in [2.24, 2.45) is 0 Å². The van der Waals surface area contributed by atoms with Crippen molar-refractivity contribution >= 4 is 23.2 Å². The minimum Gasteiger partial charge on any atom is -0.396 e. The number of nitrogens with one attached hydrogen (secondary N) is 1. The summed E-state index contributed by atoms with van der Waals surface area (Å²) in [7, 11) is 0. The van der Waals surface area contributed by atoms with Gasteiger partial charge in [0.15, 0.2) is 5.82 Å².